The minimum absolute atomic E-state index is 0.0201. The number of carboxylic acids is 1. The Morgan fingerprint density at radius 3 is 2.57 bits per heavy atom. The van der Waals surface area contributed by atoms with Crippen LogP contribution in [0.1, 0.15) is 36.2 Å². The van der Waals surface area contributed by atoms with E-state index in [9.17, 15) is 14.7 Å². The van der Waals surface area contributed by atoms with E-state index in [0.717, 1.165) is 5.56 Å². The fraction of sp³-hybridized carbons (Fsp3) is 0.500. The topological polar surface area (TPSA) is 57.6 Å². The second-order valence-electron chi connectivity index (χ2n) is 6.01. The Morgan fingerprint density at radius 2 is 2.05 bits per heavy atom. The Bertz CT molecular complexity index is 585. The molecule has 0 bridgehead atoms. The first-order chi connectivity index (χ1) is 9.79. The van der Waals surface area contributed by atoms with Crippen LogP contribution in [-0.4, -0.2) is 35.0 Å². The van der Waals surface area contributed by atoms with Crippen LogP contribution >= 0.6 is 11.6 Å². The van der Waals surface area contributed by atoms with Crippen molar-refractivity contribution in [2.24, 2.45) is 11.3 Å². The molecule has 2 rings (SSSR count). The lowest BCUT2D eigenvalue weighted by Crippen LogP contribution is -2.40. The number of amides is 1. The first-order valence-electron chi connectivity index (χ1n) is 7.07. The molecule has 1 aliphatic rings. The number of carbonyl (C=O) groups is 2. The molecule has 21 heavy (non-hydrogen) atoms. The molecule has 1 aliphatic heterocycles. The van der Waals surface area contributed by atoms with E-state index < -0.39 is 11.4 Å². The van der Waals surface area contributed by atoms with Crippen LogP contribution < -0.4 is 0 Å². The van der Waals surface area contributed by atoms with Gasteiger partial charge in [-0.1, -0.05) is 31.5 Å². The van der Waals surface area contributed by atoms with Gasteiger partial charge in [-0.05, 0) is 37.0 Å². The number of rotatable bonds is 3. The largest absolute Gasteiger partial charge is 0.481 e. The number of halogens is 1. The molecule has 1 amide bonds. The number of benzene rings is 1. The van der Waals surface area contributed by atoms with Crippen LogP contribution in [0.3, 0.4) is 0 Å². The Morgan fingerprint density at radius 1 is 1.38 bits per heavy atom. The van der Waals surface area contributed by atoms with E-state index >= 15 is 0 Å². The summed E-state index contributed by atoms with van der Waals surface area (Å²) in [7, 11) is 0. The maximum Gasteiger partial charge on any atom is 0.311 e. The molecule has 0 radical (unpaired) electrons. The summed E-state index contributed by atoms with van der Waals surface area (Å²) < 4.78 is 0. The molecule has 1 aromatic rings. The van der Waals surface area contributed by atoms with Crippen molar-refractivity contribution in [3.05, 3.63) is 34.3 Å². The molecule has 1 heterocycles. The lowest BCUT2D eigenvalue weighted by atomic mass is 9.76. The number of likely N-dealkylation sites (tertiary alicyclic amines) is 1. The Hall–Kier alpha value is -1.55. The van der Waals surface area contributed by atoms with Gasteiger partial charge in [0.1, 0.15) is 0 Å². The van der Waals surface area contributed by atoms with Crippen molar-refractivity contribution in [2.75, 3.05) is 13.1 Å². The minimum Gasteiger partial charge on any atom is -0.481 e. The maximum absolute atomic E-state index is 12.6. The van der Waals surface area contributed by atoms with Gasteiger partial charge in [0.25, 0.3) is 5.91 Å². The molecule has 5 heteroatoms. The van der Waals surface area contributed by atoms with E-state index in [-0.39, 0.29) is 18.4 Å². The number of hydrogen-bond acceptors (Lipinski definition) is 2. The van der Waals surface area contributed by atoms with Gasteiger partial charge in [-0.2, -0.15) is 0 Å². The van der Waals surface area contributed by atoms with Crippen molar-refractivity contribution in [1.82, 2.24) is 4.90 Å². The monoisotopic (exact) mass is 309 g/mol. The lowest BCUT2D eigenvalue weighted by Gasteiger charge is -2.28. The van der Waals surface area contributed by atoms with Gasteiger partial charge in [-0.25, -0.2) is 0 Å². The number of aliphatic carboxylic acids is 1. The summed E-state index contributed by atoms with van der Waals surface area (Å²) in [6, 6.07) is 5.22. The highest BCUT2D eigenvalue weighted by Gasteiger charge is 2.48. The summed E-state index contributed by atoms with van der Waals surface area (Å²) in [5.41, 5.74) is 0.441. The van der Waals surface area contributed by atoms with Crippen LogP contribution in [0.15, 0.2) is 18.2 Å². The van der Waals surface area contributed by atoms with Crippen LogP contribution in [-0.2, 0) is 4.79 Å². The molecule has 114 valence electrons. The number of hydrogen-bond donors (Lipinski definition) is 1. The third-order valence-corrected chi connectivity index (χ3v) is 5.03. The molecule has 1 fully saturated rings. The summed E-state index contributed by atoms with van der Waals surface area (Å²) in [4.78, 5) is 25.9. The highest BCUT2D eigenvalue weighted by Crippen LogP contribution is 2.39. The highest BCUT2D eigenvalue weighted by molar-refractivity contribution is 6.31. The summed E-state index contributed by atoms with van der Waals surface area (Å²) in [5.74, 6) is -0.984. The summed E-state index contributed by atoms with van der Waals surface area (Å²) in [6.07, 6.45) is 0.491. The van der Waals surface area contributed by atoms with Gasteiger partial charge in [0, 0.05) is 23.7 Å². The van der Waals surface area contributed by atoms with Crippen LogP contribution in [0.2, 0.25) is 5.02 Å². The van der Waals surface area contributed by atoms with Crippen LogP contribution in [0.5, 0.6) is 0 Å². The molecule has 1 unspecified atom stereocenters. The van der Waals surface area contributed by atoms with Gasteiger partial charge in [0.05, 0.1) is 5.41 Å². The molecule has 0 saturated carbocycles. The number of nitrogens with zero attached hydrogens (tertiary/aromatic N) is 1. The predicted molar refractivity (Wildman–Crippen MR) is 81.6 cm³/mol. The summed E-state index contributed by atoms with van der Waals surface area (Å²) in [6.45, 7) is 6.32. The minimum atomic E-state index is -0.845. The summed E-state index contributed by atoms with van der Waals surface area (Å²) in [5, 5.41) is 10.1. The van der Waals surface area contributed by atoms with E-state index in [4.69, 9.17) is 11.6 Å². The fourth-order valence-corrected chi connectivity index (χ4v) is 3.08. The first kappa shape index (κ1) is 15.8. The highest BCUT2D eigenvalue weighted by atomic mass is 35.5. The summed E-state index contributed by atoms with van der Waals surface area (Å²) >= 11 is 6.06. The van der Waals surface area contributed by atoms with E-state index in [2.05, 4.69) is 0 Å². The van der Waals surface area contributed by atoms with Crippen LogP contribution in [0, 0.1) is 18.3 Å². The lowest BCUT2D eigenvalue weighted by molar-refractivity contribution is -0.150. The molecule has 0 aliphatic carbocycles. The molecule has 1 atom stereocenters. The molecular formula is C16H20ClNO3. The van der Waals surface area contributed by atoms with Crippen molar-refractivity contribution in [3.63, 3.8) is 0 Å². The molecule has 1 aromatic carbocycles. The predicted octanol–water partition coefficient (Wildman–Crippen LogP) is 3.22. The second kappa shape index (κ2) is 5.68. The van der Waals surface area contributed by atoms with Crippen molar-refractivity contribution in [3.8, 4) is 0 Å². The van der Waals surface area contributed by atoms with Gasteiger partial charge in [0.15, 0.2) is 0 Å². The quantitative estimate of drug-likeness (QED) is 0.932. The van der Waals surface area contributed by atoms with Crippen molar-refractivity contribution >= 4 is 23.5 Å². The average molecular weight is 310 g/mol. The smallest absolute Gasteiger partial charge is 0.311 e. The second-order valence-corrected chi connectivity index (χ2v) is 6.41. The van der Waals surface area contributed by atoms with Gasteiger partial charge in [-0.3, -0.25) is 9.59 Å². The van der Waals surface area contributed by atoms with Crippen LogP contribution in [0.25, 0.3) is 0 Å². The molecule has 0 spiro atoms. The van der Waals surface area contributed by atoms with E-state index in [0.29, 0.717) is 23.6 Å². The van der Waals surface area contributed by atoms with Crippen LogP contribution in [0.4, 0.5) is 0 Å². The number of carboxylic acid groups (broad SMARTS) is 1. The first-order valence-corrected chi connectivity index (χ1v) is 7.45. The van der Waals surface area contributed by atoms with Gasteiger partial charge in [0.2, 0.25) is 0 Å². The third kappa shape index (κ3) is 2.64. The van der Waals surface area contributed by atoms with Crippen molar-refractivity contribution in [1.29, 1.82) is 0 Å². The van der Waals surface area contributed by atoms with E-state index in [1.165, 1.54) is 0 Å². The van der Waals surface area contributed by atoms with E-state index in [1.54, 1.807) is 30.0 Å². The zero-order valence-electron chi connectivity index (χ0n) is 12.5. The van der Waals surface area contributed by atoms with Crippen molar-refractivity contribution < 1.29 is 14.7 Å². The normalized spacial score (nSPS) is 21.9. The Balaban J connectivity index is 2.27. The molecule has 4 nitrogen and oxygen atoms in total. The zero-order valence-corrected chi connectivity index (χ0v) is 13.3. The van der Waals surface area contributed by atoms with Gasteiger partial charge >= 0.3 is 5.97 Å². The van der Waals surface area contributed by atoms with E-state index in [1.807, 2.05) is 13.8 Å². The van der Waals surface area contributed by atoms with Gasteiger partial charge in [-0.15, -0.1) is 0 Å². The SMILES string of the molecule is Cc1c(Cl)cccc1C(=O)N1CCC(C(=O)O)(C(C)C)C1. The molecule has 1 N–H and O–H groups in total. The standard InChI is InChI=1S/C16H20ClNO3/c1-10(2)16(15(20)21)7-8-18(9-16)14(19)12-5-4-6-13(17)11(12)3/h4-6,10H,7-9H2,1-3H3,(H,20,21). The Kier molecular flexibility index (Phi) is 4.28. The Labute approximate surface area is 129 Å². The molecule has 0 aromatic heterocycles. The zero-order chi connectivity index (χ0) is 15.8. The van der Waals surface area contributed by atoms with Crippen molar-refractivity contribution in [2.45, 2.75) is 27.2 Å². The molecular weight excluding hydrogens is 290 g/mol. The average Bonchev–Trinajstić information content (AvgIpc) is 2.87. The number of carbonyl (C=O) groups excluding carboxylic acids is 1. The fourth-order valence-electron chi connectivity index (χ4n) is 2.91. The molecule has 1 saturated heterocycles. The van der Waals surface area contributed by atoms with Gasteiger partial charge < -0.3 is 10.0 Å². The third-order valence-electron chi connectivity index (χ3n) is 4.62. The maximum atomic E-state index is 12.6.